The summed E-state index contributed by atoms with van der Waals surface area (Å²) in [5.74, 6) is 0. The number of anilines is 3. The van der Waals surface area contributed by atoms with E-state index in [1.54, 1.807) is 0 Å². The van der Waals surface area contributed by atoms with Gasteiger partial charge in [-0.3, -0.25) is 0 Å². The maximum atomic E-state index is 5.89. The smallest absolute Gasteiger partial charge is 0.0629 e. The van der Waals surface area contributed by atoms with E-state index in [9.17, 15) is 0 Å². The van der Waals surface area contributed by atoms with Crippen molar-refractivity contribution in [1.29, 1.82) is 0 Å². The molecule has 2 aromatic carbocycles. The number of halogens is 2. The number of nitrogens with one attached hydrogen (secondary N) is 1. The molecule has 4 heteroatoms. The maximum Gasteiger partial charge on any atom is 0.0629 e. The van der Waals surface area contributed by atoms with Crippen molar-refractivity contribution in [1.82, 2.24) is 0 Å². The molecule has 82 valence electrons. The third-order valence-corrected chi connectivity index (χ3v) is 3.28. The molecule has 2 aromatic rings. The Morgan fingerprint density at radius 3 is 2.69 bits per heavy atom. The summed E-state index contributed by atoms with van der Waals surface area (Å²) in [5.41, 5.74) is 8.58. The molecule has 0 radical (unpaired) electrons. The van der Waals surface area contributed by atoms with Crippen LogP contribution in [0.5, 0.6) is 0 Å². The van der Waals surface area contributed by atoms with Crippen LogP contribution >= 0.6 is 38.5 Å². The summed E-state index contributed by atoms with van der Waals surface area (Å²) in [6.07, 6.45) is 0. The lowest BCUT2D eigenvalue weighted by atomic mass is 10.2. The van der Waals surface area contributed by atoms with Gasteiger partial charge in [0.2, 0.25) is 0 Å². The first-order chi connectivity index (χ1) is 7.65. The molecular weight excluding hydrogens is 379 g/mol. The van der Waals surface area contributed by atoms with Crippen LogP contribution in [0.3, 0.4) is 0 Å². The summed E-state index contributed by atoms with van der Waals surface area (Å²) in [4.78, 5) is 0. The topological polar surface area (TPSA) is 38.0 Å². The summed E-state index contributed by atoms with van der Waals surface area (Å²) in [7, 11) is 0. The van der Waals surface area contributed by atoms with Gasteiger partial charge in [0, 0.05) is 13.7 Å². The molecule has 16 heavy (non-hydrogen) atoms. The lowest BCUT2D eigenvalue weighted by Gasteiger charge is -2.10. The van der Waals surface area contributed by atoms with Crippen molar-refractivity contribution < 1.29 is 0 Å². The first kappa shape index (κ1) is 11.7. The molecule has 0 spiro atoms. The van der Waals surface area contributed by atoms with Crippen LogP contribution in [0.1, 0.15) is 0 Å². The molecule has 0 heterocycles. The van der Waals surface area contributed by atoms with Crippen LogP contribution in [0.15, 0.2) is 46.9 Å². The molecular formula is C12H10BrIN2. The van der Waals surface area contributed by atoms with Crippen LogP contribution in [0.25, 0.3) is 0 Å². The predicted molar refractivity (Wildman–Crippen MR) is 81.0 cm³/mol. The highest BCUT2D eigenvalue weighted by Gasteiger charge is 2.00. The predicted octanol–water partition coefficient (Wildman–Crippen LogP) is 4.38. The van der Waals surface area contributed by atoms with Crippen LogP contribution in [-0.2, 0) is 0 Å². The van der Waals surface area contributed by atoms with Crippen molar-refractivity contribution in [2.45, 2.75) is 0 Å². The Kier molecular flexibility index (Phi) is 3.70. The van der Waals surface area contributed by atoms with Gasteiger partial charge in [0.25, 0.3) is 0 Å². The largest absolute Gasteiger partial charge is 0.397 e. The van der Waals surface area contributed by atoms with Gasteiger partial charge in [-0.2, -0.15) is 0 Å². The van der Waals surface area contributed by atoms with Crippen LogP contribution in [0.2, 0.25) is 0 Å². The molecule has 0 aliphatic heterocycles. The molecule has 0 aliphatic carbocycles. The van der Waals surface area contributed by atoms with E-state index in [1.807, 2.05) is 30.3 Å². The average molecular weight is 389 g/mol. The lowest BCUT2D eigenvalue weighted by Crippen LogP contribution is -1.96. The van der Waals surface area contributed by atoms with E-state index < -0.39 is 0 Å². The SMILES string of the molecule is Nc1ccc(Br)cc1Nc1cccc(I)c1. The Morgan fingerprint density at radius 1 is 1.12 bits per heavy atom. The minimum absolute atomic E-state index is 0.738. The monoisotopic (exact) mass is 388 g/mol. The maximum absolute atomic E-state index is 5.89. The van der Waals surface area contributed by atoms with Crippen LogP contribution in [-0.4, -0.2) is 0 Å². The first-order valence-electron chi connectivity index (χ1n) is 4.73. The molecule has 0 saturated heterocycles. The normalized spacial score (nSPS) is 10.1. The molecule has 3 N–H and O–H groups in total. The molecule has 2 nitrogen and oxygen atoms in total. The zero-order chi connectivity index (χ0) is 11.5. The number of nitrogen functional groups attached to an aromatic ring is 1. The van der Waals surface area contributed by atoms with E-state index >= 15 is 0 Å². The van der Waals surface area contributed by atoms with Gasteiger partial charge in [-0.05, 0) is 59.0 Å². The van der Waals surface area contributed by atoms with Crippen molar-refractivity contribution >= 4 is 55.6 Å². The fourth-order valence-corrected chi connectivity index (χ4v) is 2.26. The molecule has 0 atom stereocenters. The van der Waals surface area contributed by atoms with E-state index in [1.165, 1.54) is 3.57 Å². The number of hydrogen-bond donors (Lipinski definition) is 2. The van der Waals surface area contributed by atoms with Crippen molar-refractivity contribution in [2.75, 3.05) is 11.1 Å². The Morgan fingerprint density at radius 2 is 1.94 bits per heavy atom. The zero-order valence-electron chi connectivity index (χ0n) is 8.37. The summed E-state index contributed by atoms with van der Waals surface area (Å²) in [6.45, 7) is 0. The number of rotatable bonds is 2. The van der Waals surface area contributed by atoms with Gasteiger partial charge in [-0.1, -0.05) is 22.0 Å². The molecule has 0 unspecified atom stereocenters. The second-order valence-electron chi connectivity index (χ2n) is 3.37. The van der Waals surface area contributed by atoms with Gasteiger partial charge >= 0.3 is 0 Å². The summed E-state index contributed by atoms with van der Waals surface area (Å²) in [5, 5.41) is 3.29. The van der Waals surface area contributed by atoms with Gasteiger partial charge in [0.15, 0.2) is 0 Å². The average Bonchev–Trinajstić information content (AvgIpc) is 2.24. The highest BCUT2D eigenvalue weighted by atomic mass is 127. The van der Waals surface area contributed by atoms with Gasteiger partial charge < -0.3 is 11.1 Å². The van der Waals surface area contributed by atoms with Crippen molar-refractivity contribution in [3.05, 3.63) is 50.5 Å². The minimum atomic E-state index is 0.738. The van der Waals surface area contributed by atoms with Crippen molar-refractivity contribution in [3.63, 3.8) is 0 Å². The van der Waals surface area contributed by atoms with Gasteiger partial charge in [-0.15, -0.1) is 0 Å². The van der Waals surface area contributed by atoms with Crippen molar-refractivity contribution in [3.8, 4) is 0 Å². The quantitative estimate of drug-likeness (QED) is 0.591. The fraction of sp³-hybridized carbons (Fsp3) is 0. The Labute approximate surface area is 117 Å². The molecule has 0 aliphatic rings. The lowest BCUT2D eigenvalue weighted by molar-refractivity contribution is 1.52. The van der Waals surface area contributed by atoms with E-state index in [0.29, 0.717) is 0 Å². The second kappa shape index (κ2) is 5.05. The third kappa shape index (κ3) is 2.89. The van der Waals surface area contributed by atoms with E-state index in [0.717, 1.165) is 21.5 Å². The Bertz CT molecular complexity index is 514. The highest BCUT2D eigenvalue weighted by molar-refractivity contribution is 14.1. The summed E-state index contributed by atoms with van der Waals surface area (Å²) < 4.78 is 2.20. The van der Waals surface area contributed by atoms with E-state index in [2.05, 4.69) is 56.0 Å². The summed E-state index contributed by atoms with van der Waals surface area (Å²) in [6, 6.07) is 13.9. The molecule has 0 amide bonds. The van der Waals surface area contributed by atoms with E-state index in [-0.39, 0.29) is 0 Å². The highest BCUT2D eigenvalue weighted by Crippen LogP contribution is 2.27. The molecule has 0 aromatic heterocycles. The first-order valence-corrected chi connectivity index (χ1v) is 6.60. The minimum Gasteiger partial charge on any atom is -0.397 e. The Hall–Kier alpha value is -0.750. The molecule has 0 bridgehead atoms. The summed E-state index contributed by atoms with van der Waals surface area (Å²) >= 11 is 5.71. The molecule has 0 saturated carbocycles. The Balaban J connectivity index is 2.30. The van der Waals surface area contributed by atoms with Crippen LogP contribution in [0.4, 0.5) is 17.1 Å². The number of hydrogen-bond acceptors (Lipinski definition) is 2. The molecule has 0 fully saturated rings. The van der Waals surface area contributed by atoms with Crippen molar-refractivity contribution in [2.24, 2.45) is 0 Å². The number of nitrogens with two attached hydrogens (primary N) is 1. The number of benzene rings is 2. The zero-order valence-corrected chi connectivity index (χ0v) is 12.1. The fourth-order valence-electron chi connectivity index (χ4n) is 1.36. The van der Waals surface area contributed by atoms with Crippen LogP contribution in [0, 0.1) is 3.57 Å². The molecule has 2 rings (SSSR count). The third-order valence-electron chi connectivity index (χ3n) is 2.12. The van der Waals surface area contributed by atoms with Gasteiger partial charge in [-0.25, -0.2) is 0 Å². The second-order valence-corrected chi connectivity index (χ2v) is 5.53. The van der Waals surface area contributed by atoms with E-state index in [4.69, 9.17) is 5.73 Å². The van der Waals surface area contributed by atoms with Crippen LogP contribution < -0.4 is 11.1 Å². The standard InChI is InChI=1S/C12H10BrIN2/c13-8-4-5-11(15)12(6-8)16-10-3-1-2-9(14)7-10/h1-7,16H,15H2. The van der Waals surface area contributed by atoms with Gasteiger partial charge in [0.05, 0.1) is 11.4 Å². The van der Waals surface area contributed by atoms with Gasteiger partial charge in [0.1, 0.15) is 0 Å².